The summed E-state index contributed by atoms with van der Waals surface area (Å²) in [7, 11) is 0. The van der Waals surface area contributed by atoms with E-state index < -0.39 is 0 Å². The lowest BCUT2D eigenvalue weighted by Gasteiger charge is -2.03. The van der Waals surface area contributed by atoms with E-state index >= 15 is 0 Å². The molecule has 2 aromatic carbocycles. The molecule has 0 spiro atoms. The van der Waals surface area contributed by atoms with Crippen molar-refractivity contribution in [2.24, 2.45) is 0 Å². The molecule has 0 aliphatic heterocycles. The standard InChI is InChI=1S/C16H15NOS/c1-11-16(12(2)18-17-11)10-19-15-8-7-13-5-3-4-6-14(13)9-15/h3-9H,10H2,1-2H3. The molecule has 96 valence electrons. The van der Waals surface area contributed by atoms with Crippen LogP contribution >= 0.6 is 11.8 Å². The highest BCUT2D eigenvalue weighted by atomic mass is 32.2. The number of benzene rings is 2. The summed E-state index contributed by atoms with van der Waals surface area (Å²) >= 11 is 1.82. The first kappa shape index (κ1) is 12.3. The molecule has 0 radical (unpaired) electrons. The maximum Gasteiger partial charge on any atom is 0.137 e. The van der Waals surface area contributed by atoms with E-state index in [9.17, 15) is 0 Å². The third-order valence-corrected chi connectivity index (χ3v) is 4.31. The molecule has 0 saturated heterocycles. The number of nitrogens with zero attached hydrogens (tertiary/aromatic N) is 1. The average molecular weight is 269 g/mol. The Morgan fingerprint density at radius 3 is 2.58 bits per heavy atom. The van der Waals surface area contributed by atoms with E-state index in [1.807, 2.05) is 25.6 Å². The van der Waals surface area contributed by atoms with Crippen LogP contribution in [0.25, 0.3) is 10.8 Å². The van der Waals surface area contributed by atoms with Crippen LogP contribution in [0.15, 0.2) is 51.9 Å². The highest BCUT2D eigenvalue weighted by Crippen LogP contribution is 2.28. The lowest BCUT2D eigenvalue weighted by atomic mass is 10.1. The van der Waals surface area contributed by atoms with E-state index in [-0.39, 0.29) is 0 Å². The van der Waals surface area contributed by atoms with Gasteiger partial charge in [-0.1, -0.05) is 35.5 Å². The molecule has 0 fully saturated rings. The Labute approximate surface area is 116 Å². The first-order valence-corrected chi connectivity index (χ1v) is 7.26. The maximum absolute atomic E-state index is 5.19. The number of hydrogen-bond acceptors (Lipinski definition) is 3. The molecule has 0 aliphatic rings. The van der Waals surface area contributed by atoms with Crippen LogP contribution < -0.4 is 0 Å². The minimum absolute atomic E-state index is 0.902. The molecule has 0 amide bonds. The molecule has 1 heterocycles. The van der Waals surface area contributed by atoms with Gasteiger partial charge in [0.15, 0.2) is 0 Å². The highest BCUT2D eigenvalue weighted by Gasteiger charge is 2.09. The third kappa shape index (κ3) is 2.51. The summed E-state index contributed by atoms with van der Waals surface area (Å²) in [6.07, 6.45) is 0. The van der Waals surface area contributed by atoms with Crippen LogP contribution in [0.3, 0.4) is 0 Å². The van der Waals surface area contributed by atoms with Gasteiger partial charge in [0, 0.05) is 16.2 Å². The molecule has 0 unspecified atom stereocenters. The fourth-order valence-corrected chi connectivity index (χ4v) is 3.22. The Balaban J connectivity index is 1.82. The molecule has 2 nitrogen and oxygen atoms in total. The van der Waals surface area contributed by atoms with Gasteiger partial charge in [-0.3, -0.25) is 0 Å². The molecule has 3 aromatic rings. The minimum atomic E-state index is 0.902. The van der Waals surface area contributed by atoms with Gasteiger partial charge < -0.3 is 4.52 Å². The summed E-state index contributed by atoms with van der Waals surface area (Å²) in [4.78, 5) is 1.28. The van der Waals surface area contributed by atoms with Crippen LogP contribution in [0.4, 0.5) is 0 Å². The highest BCUT2D eigenvalue weighted by molar-refractivity contribution is 7.98. The normalized spacial score (nSPS) is 11.1. The quantitative estimate of drug-likeness (QED) is 0.642. The van der Waals surface area contributed by atoms with Crippen molar-refractivity contribution in [3.05, 3.63) is 59.5 Å². The summed E-state index contributed by atoms with van der Waals surface area (Å²) in [6, 6.07) is 15.0. The molecule has 0 saturated carbocycles. The monoisotopic (exact) mass is 269 g/mol. The van der Waals surface area contributed by atoms with Crippen LogP contribution in [-0.2, 0) is 5.75 Å². The summed E-state index contributed by atoms with van der Waals surface area (Å²) in [5, 5.41) is 6.56. The zero-order valence-corrected chi connectivity index (χ0v) is 11.8. The van der Waals surface area contributed by atoms with Crippen LogP contribution in [0.5, 0.6) is 0 Å². The van der Waals surface area contributed by atoms with E-state index in [1.165, 1.54) is 21.2 Å². The van der Waals surface area contributed by atoms with Crippen molar-refractivity contribution in [1.29, 1.82) is 0 Å². The Kier molecular flexibility index (Phi) is 3.30. The van der Waals surface area contributed by atoms with E-state index in [0.717, 1.165) is 17.2 Å². The molecule has 1 aromatic heterocycles. The summed E-state index contributed by atoms with van der Waals surface area (Å²) in [5.41, 5.74) is 2.20. The minimum Gasteiger partial charge on any atom is -0.361 e. The summed E-state index contributed by atoms with van der Waals surface area (Å²) in [6.45, 7) is 3.96. The second kappa shape index (κ2) is 5.10. The smallest absolute Gasteiger partial charge is 0.137 e. The first-order valence-electron chi connectivity index (χ1n) is 6.27. The maximum atomic E-state index is 5.19. The van der Waals surface area contributed by atoms with Gasteiger partial charge >= 0.3 is 0 Å². The second-order valence-corrected chi connectivity index (χ2v) is 5.65. The van der Waals surface area contributed by atoms with Crippen molar-refractivity contribution < 1.29 is 4.52 Å². The SMILES string of the molecule is Cc1noc(C)c1CSc1ccc2ccccc2c1. The van der Waals surface area contributed by atoms with Gasteiger partial charge in [0.25, 0.3) is 0 Å². The Bertz CT molecular complexity index is 698. The van der Waals surface area contributed by atoms with E-state index in [0.29, 0.717) is 0 Å². The van der Waals surface area contributed by atoms with Crippen molar-refractivity contribution in [2.75, 3.05) is 0 Å². The van der Waals surface area contributed by atoms with Gasteiger partial charge in [0.2, 0.25) is 0 Å². The van der Waals surface area contributed by atoms with Gasteiger partial charge in [-0.15, -0.1) is 11.8 Å². The molecule has 0 atom stereocenters. The van der Waals surface area contributed by atoms with Crippen LogP contribution in [0.2, 0.25) is 0 Å². The number of rotatable bonds is 3. The van der Waals surface area contributed by atoms with Crippen molar-refractivity contribution in [3.8, 4) is 0 Å². The molecule has 0 aliphatic carbocycles. The fourth-order valence-electron chi connectivity index (χ4n) is 2.12. The molecule has 19 heavy (non-hydrogen) atoms. The van der Waals surface area contributed by atoms with Crippen molar-refractivity contribution in [1.82, 2.24) is 5.16 Å². The molecule has 3 rings (SSSR count). The fraction of sp³-hybridized carbons (Fsp3) is 0.188. The van der Waals surface area contributed by atoms with Gasteiger partial charge in [0.1, 0.15) is 5.76 Å². The first-order chi connectivity index (χ1) is 9.24. The topological polar surface area (TPSA) is 26.0 Å². The van der Waals surface area contributed by atoms with Gasteiger partial charge in [-0.25, -0.2) is 0 Å². The predicted octanol–water partition coefficient (Wildman–Crippen LogP) is 4.74. The van der Waals surface area contributed by atoms with E-state index in [4.69, 9.17) is 4.52 Å². The Morgan fingerprint density at radius 2 is 1.84 bits per heavy atom. The average Bonchev–Trinajstić information content (AvgIpc) is 2.76. The van der Waals surface area contributed by atoms with Crippen LogP contribution in [0.1, 0.15) is 17.0 Å². The zero-order valence-electron chi connectivity index (χ0n) is 11.0. The molecular weight excluding hydrogens is 254 g/mol. The van der Waals surface area contributed by atoms with Crippen LogP contribution in [-0.4, -0.2) is 5.16 Å². The number of thioether (sulfide) groups is 1. The Hall–Kier alpha value is -1.74. The molecular formula is C16H15NOS. The largest absolute Gasteiger partial charge is 0.361 e. The number of fused-ring (bicyclic) bond motifs is 1. The number of aromatic nitrogens is 1. The van der Waals surface area contributed by atoms with Gasteiger partial charge in [0.05, 0.1) is 5.69 Å². The second-order valence-electron chi connectivity index (χ2n) is 4.60. The van der Waals surface area contributed by atoms with Gasteiger partial charge in [-0.05, 0) is 36.8 Å². The molecule has 0 N–H and O–H groups in total. The number of hydrogen-bond donors (Lipinski definition) is 0. The van der Waals surface area contributed by atoms with Crippen molar-refractivity contribution in [2.45, 2.75) is 24.5 Å². The van der Waals surface area contributed by atoms with Crippen molar-refractivity contribution >= 4 is 22.5 Å². The van der Waals surface area contributed by atoms with E-state index in [2.05, 4.69) is 47.6 Å². The zero-order chi connectivity index (χ0) is 13.2. The van der Waals surface area contributed by atoms with Gasteiger partial charge in [-0.2, -0.15) is 0 Å². The summed E-state index contributed by atoms with van der Waals surface area (Å²) < 4.78 is 5.19. The molecule has 0 bridgehead atoms. The lowest BCUT2D eigenvalue weighted by molar-refractivity contribution is 0.392. The third-order valence-electron chi connectivity index (χ3n) is 3.29. The van der Waals surface area contributed by atoms with Crippen LogP contribution in [0, 0.1) is 13.8 Å². The predicted molar refractivity (Wildman–Crippen MR) is 79.5 cm³/mol. The lowest BCUT2D eigenvalue weighted by Crippen LogP contribution is -1.85. The van der Waals surface area contributed by atoms with E-state index in [1.54, 1.807) is 0 Å². The molecule has 3 heteroatoms. The summed E-state index contributed by atoms with van der Waals surface area (Å²) in [5.74, 6) is 1.82. The Morgan fingerprint density at radius 1 is 1.05 bits per heavy atom. The number of aryl methyl sites for hydroxylation is 2. The van der Waals surface area contributed by atoms with Crippen molar-refractivity contribution in [3.63, 3.8) is 0 Å².